The number of halogens is 1. The molecule has 5 aromatic rings. The maximum Gasteiger partial charge on any atom is 0.119 e. The minimum absolute atomic E-state index is 0.00956. The highest BCUT2D eigenvalue weighted by Gasteiger charge is 2.34. The molecular weight excluding hydrogens is 517 g/mol. The van der Waals surface area contributed by atoms with Crippen LogP contribution in [0.25, 0.3) is 10.9 Å². The van der Waals surface area contributed by atoms with Gasteiger partial charge in [-0.25, -0.2) is 4.68 Å². The fourth-order valence-corrected chi connectivity index (χ4v) is 5.31. The maximum atomic E-state index is 9.99. The van der Waals surface area contributed by atoms with Crippen LogP contribution >= 0.6 is 11.6 Å². The van der Waals surface area contributed by atoms with Gasteiger partial charge in [-0.2, -0.15) is 5.26 Å². The molecule has 2 atom stereocenters. The first-order chi connectivity index (χ1) is 19.5. The first-order valence-corrected chi connectivity index (χ1v) is 13.8. The summed E-state index contributed by atoms with van der Waals surface area (Å²) in [6, 6.07) is 26.3. The third-order valence-corrected chi connectivity index (χ3v) is 7.67. The van der Waals surface area contributed by atoms with Gasteiger partial charge in [-0.15, -0.1) is 5.10 Å². The van der Waals surface area contributed by atoms with Crippen molar-refractivity contribution < 1.29 is 0 Å². The van der Waals surface area contributed by atoms with Crippen LogP contribution < -0.4 is 10.6 Å². The van der Waals surface area contributed by atoms with Crippen molar-refractivity contribution in [2.75, 3.05) is 10.6 Å². The number of nitrogens with zero attached hydrogens (tertiary/aromatic N) is 5. The highest BCUT2D eigenvalue weighted by atomic mass is 35.5. The molecule has 0 spiro atoms. The molecule has 0 amide bonds. The van der Waals surface area contributed by atoms with Crippen molar-refractivity contribution in [3.63, 3.8) is 0 Å². The number of fused-ring (bicyclic) bond motifs is 1. The molecule has 40 heavy (non-hydrogen) atoms. The van der Waals surface area contributed by atoms with E-state index in [1.54, 1.807) is 12.3 Å². The lowest BCUT2D eigenvalue weighted by Crippen LogP contribution is -2.37. The van der Waals surface area contributed by atoms with Gasteiger partial charge in [0, 0.05) is 17.3 Å². The lowest BCUT2D eigenvalue weighted by atomic mass is 9.69. The molecule has 1 aliphatic carbocycles. The van der Waals surface area contributed by atoms with Gasteiger partial charge in [-0.1, -0.05) is 84.4 Å². The van der Waals surface area contributed by atoms with Crippen molar-refractivity contribution in [1.29, 1.82) is 5.26 Å². The molecule has 1 aliphatic rings. The minimum Gasteiger partial charge on any atom is -0.378 e. The van der Waals surface area contributed by atoms with Gasteiger partial charge in [-0.05, 0) is 42.5 Å². The Kier molecular flexibility index (Phi) is 6.91. The van der Waals surface area contributed by atoms with Crippen LogP contribution in [0.4, 0.5) is 11.4 Å². The number of benzene rings is 3. The molecule has 7 nitrogen and oxygen atoms in total. The normalized spacial score (nSPS) is 15.2. The molecule has 2 heterocycles. The second-order valence-corrected chi connectivity index (χ2v) is 10.5. The van der Waals surface area contributed by atoms with E-state index >= 15 is 0 Å². The van der Waals surface area contributed by atoms with Gasteiger partial charge >= 0.3 is 0 Å². The largest absolute Gasteiger partial charge is 0.378 e. The number of rotatable bonds is 9. The number of nitrogens with one attached hydrogen (secondary N) is 2. The van der Waals surface area contributed by atoms with E-state index in [1.807, 2.05) is 65.5 Å². The third kappa shape index (κ3) is 4.89. The summed E-state index contributed by atoms with van der Waals surface area (Å²) in [5.74, 6) is 0. The molecule has 3 aromatic carbocycles. The molecule has 1 unspecified atom stereocenters. The summed E-state index contributed by atoms with van der Waals surface area (Å²) in [5.41, 5.74) is 3.74. The van der Waals surface area contributed by atoms with E-state index in [9.17, 15) is 5.26 Å². The number of hydrogen-bond donors (Lipinski definition) is 2. The topological polar surface area (TPSA) is 91.5 Å². The number of anilines is 2. The van der Waals surface area contributed by atoms with Gasteiger partial charge in [0.05, 0.1) is 45.5 Å². The molecule has 9 heteroatoms. The summed E-state index contributed by atoms with van der Waals surface area (Å²) >= 11 is 6.81. The van der Waals surface area contributed by atoms with Crippen LogP contribution in [0.1, 0.15) is 60.7 Å². The number of nitriles is 1. The number of pyridine rings is 1. The van der Waals surface area contributed by atoms with Crippen LogP contribution in [-0.4, -0.2) is 27.8 Å². The Morgan fingerprint density at radius 1 is 1.12 bits per heavy atom. The molecule has 196 valence electrons. The van der Waals surface area contributed by atoms with Crippen LogP contribution in [0.3, 0.4) is 0 Å². The van der Waals surface area contributed by atoms with E-state index < -0.39 is 5.44 Å². The Labute approximate surface area is 239 Å². The standard InChI is InChI=1S/C31H27BClN7/c1-2-27(20-9-5-3-6-10-20)36-29-21(17-34)18-35-30-25(29)15-23(16-26(30)33)37-31(32,22-11-7-4-8-12-22)28-19-40(39-38-28)24-13-14-24/h3-12,15-16,18-19,24,27,37H,2,13-14H2,1H3,(H,35,36)/t27-,31?/m1/s1. The van der Waals surface area contributed by atoms with Crippen LogP contribution in [0, 0.1) is 11.3 Å². The van der Waals surface area contributed by atoms with Gasteiger partial charge in [0.15, 0.2) is 0 Å². The molecule has 0 aliphatic heterocycles. The van der Waals surface area contributed by atoms with Crippen molar-refractivity contribution in [1.82, 2.24) is 20.0 Å². The van der Waals surface area contributed by atoms with E-state index in [1.165, 1.54) is 0 Å². The second-order valence-electron chi connectivity index (χ2n) is 10.1. The van der Waals surface area contributed by atoms with Gasteiger partial charge in [-0.3, -0.25) is 4.98 Å². The van der Waals surface area contributed by atoms with Crippen LogP contribution in [0.5, 0.6) is 0 Å². The SMILES string of the molecule is [B]C(Nc1cc(Cl)c2ncc(C#N)c(N[C@H](CC)c3ccccc3)c2c1)(c1ccccc1)c1cn(C2CC2)nn1. The van der Waals surface area contributed by atoms with Crippen molar-refractivity contribution in [3.05, 3.63) is 113 Å². The lowest BCUT2D eigenvalue weighted by Gasteiger charge is -2.32. The van der Waals surface area contributed by atoms with Crippen molar-refractivity contribution >= 4 is 41.7 Å². The molecule has 6 rings (SSSR count). The average Bonchev–Trinajstić information content (AvgIpc) is 3.72. The van der Waals surface area contributed by atoms with E-state index in [2.05, 4.69) is 51.1 Å². The summed E-state index contributed by atoms with van der Waals surface area (Å²) < 4.78 is 1.88. The fourth-order valence-electron chi connectivity index (χ4n) is 5.04. The molecule has 2 aromatic heterocycles. The Balaban J connectivity index is 1.45. The number of aromatic nitrogens is 4. The Hall–Kier alpha value is -4.35. The molecule has 2 N–H and O–H groups in total. The Morgan fingerprint density at radius 3 is 2.52 bits per heavy atom. The number of hydrogen-bond acceptors (Lipinski definition) is 6. The van der Waals surface area contributed by atoms with Crippen LogP contribution in [-0.2, 0) is 5.44 Å². The molecule has 0 saturated heterocycles. The molecule has 0 bridgehead atoms. The summed E-state index contributed by atoms with van der Waals surface area (Å²) in [4.78, 5) is 4.52. The van der Waals surface area contributed by atoms with Crippen LogP contribution in [0.15, 0.2) is 85.2 Å². The Bertz CT molecular complexity index is 1700. The smallest absolute Gasteiger partial charge is 0.119 e. The highest BCUT2D eigenvalue weighted by molar-refractivity contribution is 6.36. The predicted octanol–water partition coefficient (Wildman–Crippen LogP) is 6.73. The quantitative estimate of drug-likeness (QED) is 0.200. The highest BCUT2D eigenvalue weighted by Crippen LogP contribution is 2.39. The Morgan fingerprint density at radius 2 is 1.85 bits per heavy atom. The fraction of sp³-hybridized carbons (Fsp3) is 0.226. The lowest BCUT2D eigenvalue weighted by molar-refractivity contribution is 0.610. The summed E-state index contributed by atoms with van der Waals surface area (Å²) in [5, 5.41) is 27.1. The van der Waals surface area contributed by atoms with Crippen LogP contribution in [0.2, 0.25) is 5.02 Å². The average molecular weight is 544 g/mol. The van der Waals surface area contributed by atoms with Gasteiger partial charge in [0.1, 0.15) is 19.6 Å². The molecule has 1 fully saturated rings. The zero-order chi connectivity index (χ0) is 27.7. The second kappa shape index (κ2) is 10.7. The van der Waals surface area contributed by atoms with Gasteiger partial charge in [0.2, 0.25) is 0 Å². The molecule has 1 saturated carbocycles. The van der Waals surface area contributed by atoms with E-state index in [-0.39, 0.29) is 6.04 Å². The zero-order valence-corrected chi connectivity index (χ0v) is 22.8. The van der Waals surface area contributed by atoms with Gasteiger partial charge in [0.25, 0.3) is 0 Å². The zero-order valence-electron chi connectivity index (χ0n) is 22.1. The minimum atomic E-state index is -1.19. The third-order valence-electron chi connectivity index (χ3n) is 7.38. The predicted molar refractivity (Wildman–Crippen MR) is 159 cm³/mol. The molecular formula is C31H27BClN7. The van der Waals surface area contributed by atoms with Crippen molar-refractivity contribution in [3.8, 4) is 6.07 Å². The van der Waals surface area contributed by atoms with Gasteiger partial charge < -0.3 is 10.6 Å². The molecule has 2 radical (unpaired) electrons. The first kappa shape index (κ1) is 25.9. The van der Waals surface area contributed by atoms with E-state index in [4.69, 9.17) is 19.4 Å². The monoisotopic (exact) mass is 543 g/mol. The first-order valence-electron chi connectivity index (χ1n) is 13.4. The van der Waals surface area contributed by atoms with E-state index in [0.717, 1.165) is 35.8 Å². The van der Waals surface area contributed by atoms with Crippen molar-refractivity contribution in [2.45, 2.75) is 43.7 Å². The summed E-state index contributed by atoms with van der Waals surface area (Å²) in [6.45, 7) is 2.11. The summed E-state index contributed by atoms with van der Waals surface area (Å²) in [6.07, 6.45) is 6.47. The summed E-state index contributed by atoms with van der Waals surface area (Å²) in [7, 11) is 7.12. The van der Waals surface area contributed by atoms with Crippen molar-refractivity contribution in [2.24, 2.45) is 0 Å². The maximum absolute atomic E-state index is 9.99. The van der Waals surface area contributed by atoms with E-state index in [0.29, 0.717) is 39.2 Å².